The minimum absolute atomic E-state index is 0.227. The van der Waals surface area contributed by atoms with Crippen LogP contribution < -0.4 is 0 Å². The molecular formula is C18H20N4O2. The minimum Gasteiger partial charge on any atom is -0.465 e. The molecule has 0 aliphatic rings. The number of hydrogen-bond donors (Lipinski definition) is 0. The average molecular weight is 324 g/mol. The van der Waals surface area contributed by atoms with Crippen molar-refractivity contribution in [2.24, 2.45) is 0 Å². The molecule has 0 spiro atoms. The quantitative estimate of drug-likeness (QED) is 0.514. The van der Waals surface area contributed by atoms with E-state index in [1.165, 1.54) is 0 Å². The number of aromatic nitrogens is 4. The zero-order chi connectivity index (χ0) is 16.9. The van der Waals surface area contributed by atoms with Gasteiger partial charge in [-0.1, -0.05) is 6.07 Å². The van der Waals surface area contributed by atoms with Crippen LogP contribution in [0, 0.1) is 13.8 Å². The zero-order valence-electron chi connectivity index (χ0n) is 13.9. The van der Waals surface area contributed by atoms with Crippen LogP contribution in [0.15, 0.2) is 36.9 Å². The molecule has 6 nitrogen and oxygen atoms in total. The SMILES string of the molecule is Cc1nn2cc(CCCOC(=O)Cc3cccnc3)cnc2c1C. The van der Waals surface area contributed by atoms with Gasteiger partial charge in [0.1, 0.15) is 0 Å². The summed E-state index contributed by atoms with van der Waals surface area (Å²) in [4.78, 5) is 20.2. The Bertz CT molecular complexity index is 843. The van der Waals surface area contributed by atoms with Crippen LogP contribution in [-0.4, -0.2) is 32.2 Å². The highest BCUT2D eigenvalue weighted by atomic mass is 16.5. The molecule has 0 bridgehead atoms. The molecular weight excluding hydrogens is 304 g/mol. The number of aryl methyl sites for hydroxylation is 3. The maximum absolute atomic E-state index is 11.8. The molecule has 0 radical (unpaired) electrons. The summed E-state index contributed by atoms with van der Waals surface area (Å²) in [6.07, 6.45) is 9.01. The van der Waals surface area contributed by atoms with Gasteiger partial charge in [-0.2, -0.15) is 5.10 Å². The predicted octanol–water partition coefficient (Wildman–Crippen LogP) is 2.46. The Hall–Kier alpha value is -2.76. The smallest absolute Gasteiger partial charge is 0.310 e. The fourth-order valence-corrected chi connectivity index (χ4v) is 2.51. The van der Waals surface area contributed by atoms with Gasteiger partial charge < -0.3 is 4.74 Å². The van der Waals surface area contributed by atoms with Crippen LogP contribution in [-0.2, 0) is 22.4 Å². The largest absolute Gasteiger partial charge is 0.465 e. The number of hydrogen-bond acceptors (Lipinski definition) is 5. The molecule has 0 unspecified atom stereocenters. The second-order valence-corrected chi connectivity index (χ2v) is 5.80. The van der Waals surface area contributed by atoms with E-state index in [4.69, 9.17) is 4.74 Å². The minimum atomic E-state index is -0.227. The lowest BCUT2D eigenvalue weighted by Gasteiger charge is -2.05. The highest BCUT2D eigenvalue weighted by molar-refractivity contribution is 5.72. The first kappa shape index (κ1) is 16.1. The second kappa shape index (κ2) is 7.21. The molecule has 0 saturated heterocycles. The standard InChI is InChI=1S/C18H20N4O2/c1-13-14(2)21-22-12-16(11-20-18(13)22)6-4-8-24-17(23)9-15-5-3-7-19-10-15/h3,5,7,10-12H,4,6,8-9H2,1-2H3. The molecule has 0 N–H and O–H groups in total. The highest BCUT2D eigenvalue weighted by Gasteiger charge is 2.07. The number of ether oxygens (including phenoxy) is 1. The number of pyridine rings is 1. The van der Waals surface area contributed by atoms with Crippen molar-refractivity contribution in [1.29, 1.82) is 0 Å². The fraction of sp³-hybridized carbons (Fsp3) is 0.333. The summed E-state index contributed by atoms with van der Waals surface area (Å²) >= 11 is 0. The number of esters is 1. The summed E-state index contributed by atoms with van der Waals surface area (Å²) in [7, 11) is 0. The summed E-state index contributed by atoms with van der Waals surface area (Å²) in [5, 5.41) is 4.44. The molecule has 0 atom stereocenters. The van der Waals surface area contributed by atoms with Crippen LogP contribution in [0.25, 0.3) is 5.65 Å². The van der Waals surface area contributed by atoms with Crippen LogP contribution in [0.5, 0.6) is 0 Å². The lowest BCUT2D eigenvalue weighted by Crippen LogP contribution is -2.10. The molecule has 24 heavy (non-hydrogen) atoms. The van der Waals surface area contributed by atoms with Gasteiger partial charge in [0.2, 0.25) is 0 Å². The molecule has 3 aromatic rings. The van der Waals surface area contributed by atoms with Gasteiger partial charge in [-0.3, -0.25) is 9.78 Å². The Morgan fingerprint density at radius 2 is 2.12 bits per heavy atom. The number of nitrogens with zero attached hydrogens (tertiary/aromatic N) is 4. The summed E-state index contributed by atoms with van der Waals surface area (Å²) in [6, 6.07) is 3.67. The van der Waals surface area contributed by atoms with Crippen molar-refractivity contribution in [3.05, 3.63) is 59.3 Å². The maximum Gasteiger partial charge on any atom is 0.310 e. The number of fused-ring (bicyclic) bond motifs is 1. The van der Waals surface area contributed by atoms with Gasteiger partial charge >= 0.3 is 5.97 Å². The molecule has 0 fully saturated rings. The first-order valence-corrected chi connectivity index (χ1v) is 7.98. The Morgan fingerprint density at radius 3 is 2.92 bits per heavy atom. The second-order valence-electron chi connectivity index (χ2n) is 5.80. The molecule has 0 saturated carbocycles. The van der Waals surface area contributed by atoms with Crippen LogP contribution >= 0.6 is 0 Å². The van der Waals surface area contributed by atoms with Crippen LogP contribution in [0.4, 0.5) is 0 Å². The summed E-state index contributed by atoms with van der Waals surface area (Å²) < 4.78 is 7.08. The van der Waals surface area contributed by atoms with Gasteiger partial charge in [0.15, 0.2) is 5.65 Å². The average Bonchev–Trinajstić information content (AvgIpc) is 2.86. The van der Waals surface area contributed by atoms with E-state index in [0.29, 0.717) is 6.61 Å². The van der Waals surface area contributed by atoms with Gasteiger partial charge in [0.25, 0.3) is 0 Å². The first-order chi connectivity index (χ1) is 11.6. The Labute approximate surface area is 140 Å². The van der Waals surface area contributed by atoms with Crippen molar-refractivity contribution in [2.75, 3.05) is 6.61 Å². The van der Waals surface area contributed by atoms with E-state index in [9.17, 15) is 4.79 Å². The van der Waals surface area contributed by atoms with Crippen molar-refractivity contribution in [3.63, 3.8) is 0 Å². The van der Waals surface area contributed by atoms with E-state index in [-0.39, 0.29) is 12.4 Å². The molecule has 0 amide bonds. The lowest BCUT2D eigenvalue weighted by molar-refractivity contribution is -0.142. The van der Waals surface area contributed by atoms with Gasteiger partial charge in [0.05, 0.1) is 18.7 Å². The Balaban J connectivity index is 1.47. The molecule has 6 heteroatoms. The van der Waals surface area contributed by atoms with Crippen molar-refractivity contribution >= 4 is 11.6 Å². The molecule has 3 heterocycles. The van der Waals surface area contributed by atoms with Crippen LogP contribution in [0.2, 0.25) is 0 Å². The third-order valence-electron chi connectivity index (χ3n) is 3.94. The van der Waals surface area contributed by atoms with E-state index in [2.05, 4.69) is 15.1 Å². The van der Waals surface area contributed by atoms with Crippen molar-refractivity contribution in [1.82, 2.24) is 19.6 Å². The third kappa shape index (κ3) is 3.76. The molecule has 0 aliphatic heterocycles. The van der Waals surface area contributed by atoms with E-state index < -0.39 is 0 Å². The number of carbonyl (C=O) groups excluding carboxylic acids is 1. The lowest BCUT2D eigenvalue weighted by atomic mass is 10.2. The molecule has 0 aromatic carbocycles. The van der Waals surface area contributed by atoms with Gasteiger partial charge in [-0.15, -0.1) is 0 Å². The number of rotatable bonds is 6. The first-order valence-electron chi connectivity index (χ1n) is 7.98. The summed E-state index contributed by atoms with van der Waals surface area (Å²) in [5.41, 5.74) is 4.92. The Kier molecular flexibility index (Phi) is 4.84. The van der Waals surface area contributed by atoms with Gasteiger partial charge in [0, 0.05) is 30.4 Å². The number of carbonyl (C=O) groups is 1. The van der Waals surface area contributed by atoms with Crippen molar-refractivity contribution in [3.8, 4) is 0 Å². The van der Waals surface area contributed by atoms with E-state index in [1.54, 1.807) is 12.4 Å². The van der Waals surface area contributed by atoms with Gasteiger partial charge in [-0.05, 0) is 43.9 Å². The maximum atomic E-state index is 11.8. The van der Waals surface area contributed by atoms with Crippen LogP contribution in [0.1, 0.15) is 28.8 Å². The van der Waals surface area contributed by atoms with Gasteiger partial charge in [-0.25, -0.2) is 9.50 Å². The van der Waals surface area contributed by atoms with Crippen molar-refractivity contribution < 1.29 is 9.53 Å². The normalized spacial score (nSPS) is 10.9. The van der Waals surface area contributed by atoms with E-state index >= 15 is 0 Å². The highest BCUT2D eigenvalue weighted by Crippen LogP contribution is 2.12. The third-order valence-corrected chi connectivity index (χ3v) is 3.94. The topological polar surface area (TPSA) is 69.4 Å². The molecule has 0 aliphatic carbocycles. The van der Waals surface area contributed by atoms with E-state index in [0.717, 1.165) is 40.9 Å². The zero-order valence-corrected chi connectivity index (χ0v) is 13.9. The molecule has 124 valence electrons. The van der Waals surface area contributed by atoms with Crippen LogP contribution in [0.3, 0.4) is 0 Å². The monoisotopic (exact) mass is 324 g/mol. The molecule has 3 aromatic heterocycles. The van der Waals surface area contributed by atoms with E-state index in [1.807, 2.05) is 42.9 Å². The summed E-state index contributed by atoms with van der Waals surface area (Å²) in [6.45, 7) is 4.39. The summed E-state index contributed by atoms with van der Waals surface area (Å²) in [5.74, 6) is -0.227. The predicted molar refractivity (Wildman–Crippen MR) is 89.7 cm³/mol. The molecule has 3 rings (SSSR count). The Morgan fingerprint density at radius 1 is 1.25 bits per heavy atom. The fourth-order valence-electron chi connectivity index (χ4n) is 2.51. The van der Waals surface area contributed by atoms with Crippen molar-refractivity contribution in [2.45, 2.75) is 33.1 Å².